The first-order chi connectivity index (χ1) is 20.5. The van der Waals surface area contributed by atoms with E-state index < -0.39 is 15.4 Å². The molecule has 1 aromatic carbocycles. The molecule has 2 spiro atoms. The number of pyridine rings is 1. The molecule has 1 aliphatic carbocycles. The van der Waals surface area contributed by atoms with E-state index in [2.05, 4.69) is 47.2 Å². The zero-order valence-corrected chi connectivity index (χ0v) is 25.7. The van der Waals surface area contributed by atoms with Gasteiger partial charge in [0.2, 0.25) is 15.9 Å². The summed E-state index contributed by atoms with van der Waals surface area (Å²) >= 11 is 0. The topological polar surface area (TPSA) is 122 Å². The Morgan fingerprint density at radius 1 is 1.05 bits per heavy atom. The number of aromatic nitrogens is 6. The first-order valence-electron chi connectivity index (χ1n) is 14.7. The standard InChI is InChI=1S/C31H34N8O3S/c1-6-43(41,42)38-16-30(17-38)14-31(15-30)26-23(36(4)29(31)40)12-32-28-25(26)24(19-7-8-22-20(9-19)10-33-37(22)5)27(35-28)21-11-34-39(13-21)18(2)3/h7-13,18H,6,14-17H2,1-5H3,(H,32,35). The van der Waals surface area contributed by atoms with Gasteiger partial charge in [0.1, 0.15) is 5.65 Å². The van der Waals surface area contributed by atoms with Crippen LogP contribution in [0.1, 0.15) is 45.2 Å². The summed E-state index contributed by atoms with van der Waals surface area (Å²) in [7, 11) is 0.510. The lowest BCUT2D eigenvalue weighted by Crippen LogP contribution is -2.69. The minimum Gasteiger partial charge on any atom is -0.339 e. The second-order valence-corrected chi connectivity index (χ2v) is 15.2. The number of amides is 1. The molecule has 8 rings (SSSR count). The Bertz CT molecular complexity index is 2090. The third-order valence-electron chi connectivity index (χ3n) is 9.95. The van der Waals surface area contributed by atoms with Crippen LogP contribution in [-0.4, -0.2) is 74.0 Å². The van der Waals surface area contributed by atoms with Gasteiger partial charge in [-0.15, -0.1) is 0 Å². The quantitative estimate of drug-likeness (QED) is 0.323. The van der Waals surface area contributed by atoms with Crippen LogP contribution in [0.4, 0.5) is 5.69 Å². The van der Waals surface area contributed by atoms with Crippen molar-refractivity contribution in [3.05, 3.63) is 48.5 Å². The number of sulfonamides is 1. The lowest BCUT2D eigenvalue weighted by atomic mass is 9.48. The molecule has 0 radical (unpaired) electrons. The number of nitrogens with one attached hydrogen (secondary N) is 1. The highest BCUT2D eigenvalue weighted by molar-refractivity contribution is 7.89. The Hall–Kier alpha value is -4.03. The molecule has 4 aromatic heterocycles. The summed E-state index contributed by atoms with van der Waals surface area (Å²) in [5.74, 6) is 0.151. The van der Waals surface area contributed by atoms with E-state index in [1.165, 1.54) is 0 Å². The van der Waals surface area contributed by atoms with Gasteiger partial charge in [-0.2, -0.15) is 10.2 Å². The summed E-state index contributed by atoms with van der Waals surface area (Å²) in [5.41, 5.74) is 6.50. The summed E-state index contributed by atoms with van der Waals surface area (Å²) < 4.78 is 30.4. The van der Waals surface area contributed by atoms with Crippen molar-refractivity contribution in [1.82, 2.24) is 33.8 Å². The lowest BCUT2D eigenvalue weighted by molar-refractivity contribution is -0.139. The highest BCUT2D eigenvalue weighted by atomic mass is 32.2. The molecule has 1 amide bonds. The van der Waals surface area contributed by atoms with E-state index in [9.17, 15) is 13.2 Å². The van der Waals surface area contributed by atoms with Gasteiger partial charge in [0.25, 0.3) is 0 Å². The fraction of sp³-hybridized carbons (Fsp3) is 0.419. The van der Waals surface area contributed by atoms with Crippen LogP contribution in [0.5, 0.6) is 0 Å². The van der Waals surface area contributed by atoms with Crippen LogP contribution in [0.15, 0.2) is 43.0 Å². The number of carbonyl (C=O) groups excluding carboxylic acids is 1. The average Bonchev–Trinajstić information content (AvgIpc) is 3.70. The van der Waals surface area contributed by atoms with Crippen molar-refractivity contribution in [3.63, 3.8) is 0 Å². The predicted molar refractivity (Wildman–Crippen MR) is 165 cm³/mol. The fourth-order valence-corrected chi connectivity index (χ4v) is 9.16. The Labute approximate surface area is 249 Å². The minimum atomic E-state index is -3.25. The number of nitrogens with zero attached hydrogens (tertiary/aromatic N) is 7. The molecule has 3 aliphatic rings. The minimum absolute atomic E-state index is 0.0586. The molecule has 2 aliphatic heterocycles. The van der Waals surface area contributed by atoms with E-state index in [1.54, 1.807) is 22.3 Å². The number of rotatable bonds is 5. The smallest absolute Gasteiger partial charge is 0.237 e. The molecule has 1 saturated heterocycles. The van der Waals surface area contributed by atoms with Gasteiger partial charge in [-0.3, -0.25) is 14.2 Å². The van der Waals surface area contributed by atoms with E-state index in [1.807, 2.05) is 42.0 Å². The third-order valence-corrected chi connectivity index (χ3v) is 11.7. The molecule has 6 heterocycles. The van der Waals surface area contributed by atoms with Gasteiger partial charge < -0.3 is 9.88 Å². The van der Waals surface area contributed by atoms with Crippen LogP contribution in [-0.2, 0) is 27.3 Å². The van der Waals surface area contributed by atoms with E-state index in [4.69, 9.17) is 4.98 Å². The number of H-pyrrole nitrogens is 1. The van der Waals surface area contributed by atoms with Gasteiger partial charge in [0.05, 0.1) is 46.7 Å². The first-order valence-corrected chi connectivity index (χ1v) is 16.4. The number of aryl methyl sites for hydroxylation is 1. The maximum atomic E-state index is 14.1. The van der Waals surface area contributed by atoms with Gasteiger partial charge in [-0.1, -0.05) is 6.07 Å². The largest absolute Gasteiger partial charge is 0.339 e. The number of likely N-dealkylation sites (N-methyl/N-ethyl adjacent to an activating group) is 1. The van der Waals surface area contributed by atoms with Gasteiger partial charge >= 0.3 is 0 Å². The maximum absolute atomic E-state index is 14.1. The number of carbonyl (C=O) groups is 1. The van der Waals surface area contributed by atoms with Gasteiger partial charge in [0, 0.05) is 72.3 Å². The summed E-state index contributed by atoms with van der Waals surface area (Å²) in [6.45, 7) is 6.82. The molecular weight excluding hydrogens is 564 g/mol. The normalized spacial score (nSPS) is 19.2. The Balaban J connectivity index is 1.34. The summed E-state index contributed by atoms with van der Waals surface area (Å²) in [6.07, 6.45) is 8.84. The number of fused-ring (bicyclic) bond motifs is 5. The van der Waals surface area contributed by atoms with Crippen molar-refractivity contribution in [2.75, 3.05) is 30.8 Å². The molecule has 222 valence electrons. The Morgan fingerprint density at radius 3 is 2.51 bits per heavy atom. The average molecular weight is 599 g/mol. The molecule has 0 unspecified atom stereocenters. The van der Waals surface area contributed by atoms with Gasteiger partial charge in [-0.25, -0.2) is 17.7 Å². The molecule has 12 heteroatoms. The number of hydrogen-bond acceptors (Lipinski definition) is 6. The highest BCUT2D eigenvalue weighted by Crippen LogP contribution is 2.66. The number of hydrogen-bond donors (Lipinski definition) is 1. The van der Waals surface area contributed by atoms with Gasteiger partial charge in [-0.05, 0) is 51.3 Å². The van der Waals surface area contributed by atoms with E-state index in [-0.39, 0.29) is 23.1 Å². The monoisotopic (exact) mass is 598 g/mol. The van der Waals surface area contributed by atoms with Crippen LogP contribution in [0.2, 0.25) is 0 Å². The summed E-state index contributed by atoms with van der Waals surface area (Å²) in [5, 5.41) is 11.0. The third kappa shape index (κ3) is 3.47. The van der Waals surface area contributed by atoms with E-state index >= 15 is 0 Å². The Morgan fingerprint density at radius 2 is 1.81 bits per heavy atom. The van der Waals surface area contributed by atoms with Crippen molar-refractivity contribution in [2.24, 2.45) is 12.5 Å². The number of benzene rings is 1. The molecule has 43 heavy (non-hydrogen) atoms. The fourth-order valence-electron chi connectivity index (χ4n) is 7.86. The number of anilines is 1. The van der Waals surface area contributed by atoms with Crippen LogP contribution >= 0.6 is 0 Å². The SMILES string of the molecule is CCS(=O)(=O)N1CC2(C1)CC1(C2)C(=O)N(C)c2cnc3[nH]c(-c4cnn(C(C)C)c4)c(-c4ccc5c(cnn5C)c4)c3c21. The lowest BCUT2D eigenvalue weighted by Gasteiger charge is -2.62. The molecule has 5 aromatic rings. The van der Waals surface area contributed by atoms with Crippen molar-refractivity contribution >= 4 is 43.6 Å². The molecule has 0 bridgehead atoms. The summed E-state index contributed by atoms with van der Waals surface area (Å²) in [4.78, 5) is 24.3. The van der Waals surface area contributed by atoms with E-state index in [0.29, 0.717) is 25.9 Å². The van der Waals surface area contributed by atoms with Crippen LogP contribution < -0.4 is 4.90 Å². The number of aromatic amines is 1. The zero-order valence-electron chi connectivity index (χ0n) is 24.9. The second-order valence-electron chi connectivity index (χ2n) is 12.9. The molecule has 0 atom stereocenters. The highest BCUT2D eigenvalue weighted by Gasteiger charge is 2.68. The molecular formula is C31H34N8O3S. The molecule has 11 nitrogen and oxygen atoms in total. The zero-order chi connectivity index (χ0) is 30.1. The predicted octanol–water partition coefficient (Wildman–Crippen LogP) is 4.22. The molecule has 1 saturated carbocycles. The van der Waals surface area contributed by atoms with Gasteiger partial charge in [0.15, 0.2) is 0 Å². The van der Waals surface area contributed by atoms with Crippen LogP contribution in [0.25, 0.3) is 44.3 Å². The first kappa shape index (κ1) is 26.6. The molecule has 2 fully saturated rings. The van der Waals surface area contributed by atoms with Crippen LogP contribution in [0.3, 0.4) is 0 Å². The van der Waals surface area contributed by atoms with Crippen molar-refractivity contribution in [1.29, 1.82) is 0 Å². The van der Waals surface area contributed by atoms with Crippen molar-refractivity contribution in [2.45, 2.75) is 45.1 Å². The maximum Gasteiger partial charge on any atom is 0.237 e. The second kappa shape index (κ2) is 8.54. The van der Waals surface area contributed by atoms with E-state index in [0.717, 1.165) is 55.6 Å². The van der Waals surface area contributed by atoms with Crippen LogP contribution in [0, 0.1) is 5.41 Å². The Kier molecular flexibility index (Phi) is 5.28. The molecule has 1 N–H and O–H groups in total. The van der Waals surface area contributed by atoms with Crippen molar-refractivity contribution < 1.29 is 13.2 Å². The van der Waals surface area contributed by atoms with Crippen molar-refractivity contribution in [3.8, 4) is 22.4 Å². The summed E-state index contributed by atoms with van der Waals surface area (Å²) in [6, 6.07) is 6.54.